The van der Waals surface area contributed by atoms with Crippen LogP contribution in [0.1, 0.15) is 44.5 Å². The Balaban J connectivity index is 2.20. The van der Waals surface area contributed by atoms with Crippen LogP contribution in [-0.4, -0.2) is 27.4 Å². The Hall–Kier alpha value is -3.07. The minimum absolute atomic E-state index is 0.0145. The summed E-state index contributed by atoms with van der Waals surface area (Å²) >= 11 is 3.38. The van der Waals surface area contributed by atoms with Crippen LogP contribution in [0, 0.1) is 10.1 Å². The molecule has 0 bridgehead atoms. The van der Waals surface area contributed by atoms with Crippen molar-refractivity contribution in [3.05, 3.63) is 72.7 Å². The molecule has 1 heterocycles. The molecule has 0 saturated heterocycles. The molecule has 30 heavy (non-hydrogen) atoms. The molecule has 3 aromatic rings. The smallest absolute Gasteiger partial charge is 0.282 e. The normalized spacial score (nSPS) is 12.4. The molecule has 1 atom stereocenters. The van der Waals surface area contributed by atoms with Crippen LogP contribution in [0.2, 0.25) is 0 Å². The van der Waals surface area contributed by atoms with Crippen LogP contribution in [0.5, 0.6) is 5.75 Å². The van der Waals surface area contributed by atoms with Gasteiger partial charge in [-0.2, -0.15) is 9.78 Å². The molecule has 0 radical (unpaired) electrons. The lowest BCUT2D eigenvalue weighted by Crippen LogP contribution is -2.23. The summed E-state index contributed by atoms with van der Waals surface area (Å²) in [6, 6.07) is 9.59. The zero-order valence-electron chi connectivity index (χ0n) is 16.8. The molecule has 0 aliphatic heterocycles. The van der Waals surface area contributed by atoms with Gasteiger partial charge in [0.1, 0.15) is 11.6 Å². The standard InChI is InChI=1S/C21H21BrN4O4/c1-4-13(3)20-24-18-8-6-15(22)11-17(18)21(27)25(20)23-12-14-10-16(26(28)29)7-9-19(14)30-5-2/h6-13H,4-5H2,1-3H3/t13-/m1/s1. The minimum Gasteiger partial charge on any atom is -0.493 e. The van der Waals surface area contributed by atoms with E-state index < -0.39 is 4.92 Å². The van der Waals surface area contributed by atoms with Gasteiger partial charge in [0, 0.05) is 28.1 Å². The summed E-state index contributed by atoms with van der Waals surface area (Å²) in [6.07, 6.45) is 2.17. The Morgan fingerprint density at radius 3 is 2.73 bits per heavy atom. The van der Waals surface area contributed by atoms with Crippen LogP contribution in [0.15, 0.2) is 50.8 Å². The molecule has 2 aromatic carbocycles. The second-order valence-corrected chi connectivity index (χ2v) is 7.63. The summed E-state index contributed by atoms with van der Waals surface area (Å²) < 4.78 is 7.58. The lowest BCUT2D eigenvalue weighted by atomic mass is 10.1. The van der Waals surface area contributed by atoms with E-state index in [1.807, 2.05) is 26.8 Å². The first-order chi connectivity index (χ1) is 14.3. The monoisotopic (exact) mass is 472 g/mol. The first kappa shape index (κ1) is 21.6. The van der Waals surface area contributed by atoms with Crippen LogP contribution < -0.4 is 10.3 Å². The third-order valence-electron chi connectivity index (χ3n) is 4.70. The van der Waals surface area contributed by atoms with Gasteiger partial charge in [0.05, 0.1) is 28.6 Å². The van der Waals surface area contributed by atoms with Crippen LogP contribution in [0.4, 0.5) is 5.69 Å². The zero-order valence-corrected chi connectivity index (χ0v) is 18.4. The number of aromatic nitrogens is 2. The van der Waals surface area contributed by atoms with Crippen molar-refractivity contribution in [1.82, 2.24) is 9.66 Å². The summed E-state index contributed by atoms with van der Waals surface area (Å²) in [7, 11) is 0. The van der Waals surface area contributed by atoms with Crippen molar-refractivity contribution in [3.8, 4) is 5.75 Å². The maximum Gasteiger partial charge on any atom is 0.282 e. The van der Waals surface area contributed by atoms with Gasteiger partial charge >= 0.3 is 0 Å². The van der Waals surface area contributed by atoms with Gasteiger partial charge in [0.15, 0.2) is 0 Å². The average Bonchev–Trinajstić information content (AvgIpc) is 2.73. The minimum atomic E-state index is -0.487. The summed E-state index contributed by atoms with van der Waals surface area (Å²) in [5, 5.41) is 16.0. The highest BCUT2D eigenvalue weighted by molar-refractivity contribution is 9.10. The van der Waals surface area contributed by atoms with Crippen LogP contribution in [0.25, 0.3) is 10.9 Å². The van der Waals surface area contributed by atoms with Crippen LogP contribution in [-0.2, 0) is 0 Å². The number of benzene rings is 2. The van der Waals surface area contributed by atoms with Crippen molar-refractivity contribution in [2.45, 2.75) is 33.1 Å². The number of non-ortho nitro benzene ring substituents is 1. The van der Waals surface area contributed by atoms with Gasteiger partial charge in [-0.15, -0.1) is 0 Å². The van der Waals surface area contributed by atoms with E-state index in [9.17, 15) is 14.9 Å². The molecule has 156 valence electrons. The van der Waals surface area contributed by atoms with E-state index in [4.69, 9.17) is 4.74 Å². The van der Waals surface area contributed by atoms with Gasteiger partial charge in [0.25, 0.3) is 11.2 Å². The molecule has 0 aliphatic rings. The van der Waals surface area contributed by atoms with Crippen molar-refractivity contribution in [1.29, 1.82) is 0 Å². The maximum absolute atomic E-state index is 13.2. The van der Waals surface area contributed by atoms with E-state index in [1.165, 1.54) is 29.1 Å². The van der Waals surface area contributed by atoms with Crippen LogP contribution in [0.3, 0.4) is 0 Å². The van der Waals surface area contributed by atoms with E-state index in [0.29, 0.717) is 34.6 Å². The van der Waals surface area contributed by atoms with E-state index in [0.717, 1.165) is 10.9 Å². The molecule has 0 amide bonds. The fourth-order valence-corrected chi connectivity index (χ4v) is 3.30. The first-order valence-electron chi connectivity index (χ1n) is 9.53. The molecule has 8 nitrogen and oxygen atoms in total. The van der Waals surface area contributed by atoms with Gasteiger partial charge in [-0.3, -0.25) is 14.9 Å². The molecular formula is C21H21BrN4O4. The Labute approximate surface area is 181 Å². The predicted octanol–water partition coefficient (Wildman–Crippen LogP) is 4.86. The van der Waals surface area contributed by atoms with Crippen molar-refractivity contribution in [2.24, 2.45) is 5.10 Å². The Bertz CT molecular complexity index is 1190. The largest absolute Gasteiger partial charge is 0.493 e. The fourth-order valence-electron chi connectivity index (χ4n) is 2.94. The number of fused-ring (bicyclic) bond motifs is 1. The Morgan fingerprint density at radius 1 is 1.30 bits per heavy atom. The molecule has 0 fully saturated rings. The van der Waals surface area contributed by atoms with E-state index >= 15 is 0 Å². The zero-order chi connectivity index (χ0) is 21.8. The van der Waals surface area contributed by atoms with Crippen molar-refractivity contribution in [2.75, 3.05) is 6.61 Å². The predicted molar refractivity (Wildman–Crippen MR) is 120 cm³/mol. The second kappa shape index (κ2) is 9.17. The van der Waals surface area contributed by atoms with Gasteiger partial charge in [0.2, 0.25) is 0 Å². The number of halogens is 1. The molecule has 0 unspecified atom stereocenters. The highest BCUT2D eigenvalue weighted by Gasteiger charge is 2.16. The summed E-state index contributed by atoms with van der Waals surface area (Å²) in [4.78, 5) is 28.5. The number of ether oxygens (including phenoxy) is 1. The fraction of sp³-hybridized carbons (Fsp3) is 0.286. The van der Waals surface area contributed by atoms with Gasteiger partial charge in [-0.05, 0) is 37.6 Å². The first-order valence-corrected chi connectivity index (χ1v) is 10.3. The molecule has 0 N–H and O–H groups in total. The summed E-state index contributed by atoms with van der Waals surface area (Å²) in [5.41, 5.74) is 0.601. The molecular weight excluding hydrogens is 452 g/mol. The number of nitrogens with zero attached hydrogens (tertiary/aromatic N) is 4. The maximum atomic E-state index is 13.2. The molecule has 0 saturated carbocycles. The lowest BCUT2D eigenvalue weighted by molar-refractivity contribution is -0.384. The number of nitro benzene ring substituents is 1. The Morgan fingerprint density at radius 2 is 2.07 bits per heavy atom. The summed E-state index contributed by atoms with van der Waals surface area (Å²) in [5.74, 6) is 0.956. The van der Waals surface area contributed by atoms with Gasteiger partial charge in [-0.25, -0.2) is 4.98 Å². The molecule has 0 aliphatic carbocycles. The third-order valence-corrected chi connectivity index (χ3v) is 5.20. The average molecular weight is 473 g/mol. The van der Waals surface area contributed by atoms with Gasteiger partial charge < -0.3 is 4.74 Å². The third kappa shape index (κ3) is 4.40. The van der Waals surface area contributed by atoms with Crippen molar-refractivity contribution < 1.29 is 9.66 Å². The topological polar surface area (TPSA) is 99.6 Å². The lowest BCUT2D eigenvalue weighted by Gasteiger charge is -2.14. The van der Waals surface area contributed by atoms with Crippen molar-refractivity contribution in [3.63, 3.8) is 0 Å². The molecule has 9 heteroatoms. The highest BCUT2D eigenvalue weighted by atomic mass is 79.9. The molecule has 1 aromatic heterocycles. The number of hydrogen-bond acceptors (Lipinski definition) is 6. The van der Waals surface area contributed by atoms with E-state index in [1.54, 1.807) is 12.1 Å². The number of hydrogen-bond donors (Lipinski definition) is 0. The molecule has 3 rings (SSSR count). The van der Waals surface area contributed by atoms with E-state index in [2.05, 4.69) is 26.0 Å². The number of nitro groups is 1. The second-order valence-electron chi connectivity index (χ2n) is 6.71. The Kier molecular flexibility index (Phi) is 6.61. The van der Waals surface area contributed by atoms with E-state index in [-0.39, 0.29) is 17.2 Å². The number of rotatable bonds is 7. The SMILES string of the molecule is CCOc1ccc([N+](=O)[O-])cc1C=Nn1c([C@H](C)CC)nc2ccc(Br)cc2c1=O. The quantitative estimate of drug-likeness (QED) is 0.277. The van der Waals surface area contributed by atoms with Crippen LogP contribution >= 0.6 is 15.9 Å². The highest BCUT2D eigenvalue weighted by Crippen LogP contribution is 2.24. The van der Waals surface area contributed by atoms with Crippen molar-refractivity contribution >= 4 is 38.7 Å². The molecule has 0 spiro atoms. The van der Waals surface area contributed by atoms with Gasteiger partial charge in [-0.1, -0.05) is 29.8 Å². The summed E-state index contributed by atoms with van der Waals surface area (Å²) in [6.45, 7) is 6.18.